The third kappa shape index (κ3) is 3.44. The molecule has 132 valence electrons. The molecule has 0 unspecified atom stereocenters. The van der Waals surface area contributed by atoms with Gasteiger partial charge in [0.1, 0.15) is 0 Å². The molecule has 26 heavy (non-hydrogen) atoms. The lowest BCUT2D eigenvalue weighted by molar-refractivity contribution is 0.644. The Morgan fingerprint density at radius 2 is 1.42 bits per heavy atom. The molecule has 1 fully saturated rings. The molecule has 1 saturated heterocycles. The predicted molar refractivity (Wildman–Crippen MR) is 105 cm³/mol. The van der Waals surface area contributed by atoms with Gasteiger partial charge >= 0.3 is 0 Å². The van der Waals surface area contributed by atoms with Crippen molar-refractivity contribution in [3.05, 3.63) is 66.9 Å². The van der Waals surface area contributed by atoms with Gasteiger partial charge in [0, 0.05) is 44.6 Å². The van der Waals surface area contributed by atoms with Crippen LogP contribution < -0.4 is 14.7 Å². The van der Waals surface area contributed by atoms with Gasteiger partial charge in [0.2, 0.25) is 0 Å². The van der Waals surface area contributed by atoms with Crippen molar-refractivity contribution in [1.82, 2.24) is 15.2 Å². The highest BCUT2D eigenvalue weighted by Gasteiger charge is 2.19. The van der Waals surface area contributed by atoms with Gasteiger partial charge in [-0.05, 0) is 24.3 Å². The highest BCUT2D eigenvalue weighted by molar-refractivity contribution is 5.57. The fourth-order valence-electron chi connectivity index (χ4n) is 3.18. The topological polar surface area (TPSA) is 48.4 Å². The Bertz CT molecular complexity index is 831. The Morgan fingerprint density at radius 3 is 2.12 bits per heavy atom. The van der Waals surface area contributed by atoms with Crippen LogP contribution in [-0.4, -0.2) is 48.4 Å². The number of hydrogen-bond acceptors (Lipinski definition) is 6. The average Bonchev–Trinajstić information content (AvgIpc) is 2.75. The molecular formula is C20H22N6. The molecule has 0 aliphatic carbocycles. The van der Waals surface area contributed by atoms with Gasteiger partial charge in [0.05, 0.1) is 6.20 Å². The Hall–Kier alpha value is -3.15. The smallest absolute Gasteiger partial charge is 0.251 e. The Labute approximate surface area is 153 Å². The monoisotopic (exact) mass is 346 g/mol. The van der Waals surface area contributed by atoms with E-state index in [9.17, 15) is 0 Å². The molecular weight excluding hydrogens is 324 g/mol. The summed E-state index contributed by atoms with van der Waals surface area (Å²) < 4.78 is 0. The minimum absolute atomic E-state index is 0.610. The first kappa shape index (κ1) is 16.3. The van der Waals surface area contributed by atoms with Gasteiger partial charge in [-0.3, -0.25) is 0 Å². The van der Waals surface area contributed by atoms with Crippen LogP contribution in [0, 0.1) is 0 Å². The van der Waals surface area contributed by atoms with Crippen molar-refractivity contribution in [1.29, 1.82) is 0 Å². The minimum atomic E-state index is 0.610. The predicted octanol–water partition coefficient (Wildman–Crippen LogP) is 2.97. The van der Waals surface area contributed by atoms with Crippen LogP contribution in [-0.2, 0) is 0 Å². The van der Waals surface area contributed by atoms with Gasteiger partial charge in [0.25, 0.3) is 5.95 Å². The summed E-state index contributed by atoms with van der Waals surface area (Å²) in [6.45, 7) is 3.78. The molecule has 0 radical (unpaired) electrons. The molecule has 1 aliphatic rings. The highest BCUT2D eigenvalue weighted by atomic mass is 15.4. The van der Waals surface area contributed by atoms with Crippen molar-refractivity contribution in [3.8, 4) is 0 Å². The maximum atomic E-state index is 4.73. The first-order valence-electron chi connectivity index (χ1n) is 8.85. The van der Waals surface area contributed by atoms with E-state index in [2.05, 4.69) is 50.3 Å². The lowest BCUT2D eigenvalue weighted by Crippen LogP contribution is -2.47. The largest absolute Gasteiger partial charge is 0.368 e. The fraction of sp³-hybridized carbons (Fsp3) is 0.250. The van der Waals surface area contributed by atoms with Crippen molar-refractivity contribution >= 4 is 23.1 Å². The van der Waals surface area contributed by atoms with E-state index in [-0.39, 0.29) is 0 Å². The molecule has 1 aliphatic heterocycles. The van der Waals surface area contributed by atoms with E-state index in [0.29, 0.717) is 5.95 Å². The van der Waals surface area contributed by atoms with E-state index in [1.807, 2.05) is 42.3 Å². The number of aromatic nitrogens is 3. The molecule has 0 N–H and O–H groups in total. The van der Waals surface area contributed by atoms with E-state index in [0.717, 1.165) is 37.7 Å². The number of benzene rings is 2. The van der Waals surface area contributed by atoms with Gasteiger partial charge in [-0.1, -0.05) is 36.4 Å². The van der Waals surface area contributed by atoms with E-state index >= 15 is 0 Å². The summed E-state index contributed by atoms with van der Waals surface area (Å²) in [5.74, 6) is 1.49. The second-order valence-corrected chi connectivity index (χ2v) is 6.32. The standard InChI is InChI=1S/C20H22N6/c1-24(17-8-4-2-5-9-17)20-22-19(16-21-23-20)26-14-12-25(13-15-26)18-10-6-3-7-11-18/h2-11,16H,12-15H2,1H3. The van der Waals surface area contributed by atoms with Gasteiger partial charge in [-0.25, -0.2) is 0 Å². The van der Waals surface area contributed by atoms with Gasteiger partial charge < -0.3 is 14.7 Å². The minimum Gasteiger partial charge on any atom is -0.368 e. The van der Waals surface area contributed by atoms with E-state index < -0.39 is 0 Å². The number of rotatable bonds is 4. The molecule has 0 spiro atoms. The molecule has 3 aromatic rings. The number of hydrogen-bond donors (Lipinski definition) is 0. The van der Waals surface area contributed by atoms with Crippen LogP contribution in [0.2, 0.25) is 0 Å². The average molecular weight is 346 g/mol. The zero-order valence-corrected chi connectivity index (χ0v) is 14.9. The zero-order valence-electron chi connectivity index (χ0n) is 14.9. The summed E-state index contributed by atoms with van der Waals surface area (Å²) in [4.78, 5) is 11.4. The zero-order chi connectivity index (χ0) is 17.8. The molecule has 0 atom stereocenters. The summed E-state index contributed by atoms with van der Waals surface area (Å²) in [7, 11) is 1.96. The Balaban J connectivity index is 1.46. The van der Waals surface area contributed by atoms with Crippen LogP contribution in [0.25, 0.3) is 0 Å². The molecule has 4 rings (SSSR count). The quantitative estimate of drug-likeness (QED) is 0.724. The van der Waals surface area contributed by atoms with E-state index in [4.69, 9.17) is 4.98 Å². The lowest BCUT2D eigenvalue weighted by Gasteiger charge is -2.36. The van der Waals surface area contributed by atoms with Gasteiger partial charge in [0.15, 0.2) is 5.82 Å². The maximum absolute atomic E-state index is 4.73. The molecule has 0 saturated carbocycles. The van der Waals surface area contributed by atoms with Crippen LogP contribution in [0.4, 0.5) is 23.1 Å². The molecule has 0 amide bonds. The molecule has 0 bridgehead atoms. The number of piperazine rings is 1. The highest BCUT2D eigenvalue weighted by Crippen LogP contribution is 2.22. The third-order valence-electron chi connectivity index (χ3n) is 4.70. The summed E-state index contributed by atoms with van der Waals surface area (Å²) in [5.41, 5.74) is 2.32. The Morgan fingerprint density at radius 1 is 0.808 bits per heavy atom. The first-order chi connectivity index (χ1) is 12.8. The summed E-state index contributed by atoms with van der Waals surface area (Å²) in [6, 6.07) is 20.6. The van der Waals surface area contributed by atoms with Crippen LogP contribution in [0.3, 0.4) is 0 Å². The van der Waals surface area contributed by atoms with Crippen LogP contribution in [0.15, 0.2) is 66.9 Å². The second kappa shape index (κ2) is 7.39. The lowest BCUT2D eigenvalue weighted by atomic mass is 10.2. The van der Waals surface area contributed by atoms with E-state index in [1.165, 1.54) is 5.69 Å². The summed E-state index contributed by atoms with van der Waals surface area (Å²) in [5, 5.41) is 8.37. The van der Waals surface area contributed by atoms with Gasteiger partial charge in [-0.2, -0.15) is 10.1 Å². The molecule has 1 aromatic heterocycles. The van der Waals surface area contributed by atoms with Crippen LogP contribution in [0.1, 0.15) is 0 Å². The van der Waals surface area contributed by atoms with Crippen LogP contribution >= 0.6 is 0 Å². The van der Waals surface area contributed by atoms with E-state index in [1.54, 1.807) is 6.20 Å². The van der Waals surface area contributed by atoms with Crippen molar-refractivity contribution in [2.45, 2.75) is 0 Å². The van der Waals surface area contributed by atoms with Crippen molar-refractivity contribution in [2.24, 2.45) is 0 Å². The third-order valence-corrected chi connectivity index (χ3v) is 4.70. The summed E-state index contributed by atoms with van der Waals surface area (Å²) in [6.07, 6.45) is 1.75. The number of anilines is 4. The van der Waals surface area contributed by atoms with Crippen molar-refractivity contribution < 1.29 is 0 Å². The SMILES string of the molecule is CN(c1ccccc1)c1nncc(N2CCN(c3ccccc3)CC2)n1. The number of nitrogens with zero attached hydrogens (tertiary/aromatic N) is 6. The molecule has 2 aromatic carbocycles. The first-order valence-corrected chi connectivity index (χ1v) is 8.85. The fourth-order valence-corrected chi connectivity index (χ4v) is 3.18. The van der Waals surface area contributed by atoms with Crippen molar-refractivity contribution in [2.75, 3.05) is 47.9 Å². The molecule has 2 heterocycles. The maximum Gasteiger partial charge on any atom is 0.251 e. The molecule has 6 nitrogen and oxygen atoms in total. The molecule has 6 heteroatoms. The second-order valence-electron chi connectivity index (χ2n) is 6.32. The number of para-hydroxylation sites is 2. The normalized spacial score (nSPS) is 14.3. The summed E-state index contributed by atoms with van der Waals surface area (Å²) >= 11 is 0. The van der Waals surface area contributed by atoms with Crippen molar-refractivity contribution in [3.63, 3.8) is 0 Å². The van der Waals surface area contributed by atoms with Crippen LogP contribution in [0.5, 0.6) is 0 Å². The Kier molecular flexibility index (Phi) is 4.64. The van der Waals surface area contributed by atoms with Gasteiger partial charge in [-0.15, -0.1) is 5.10 Å².